The fraction of sp³-hybridized carbons (Fsp3) is 0.333. The highest BCUT2D eigenvalue weighted by molar-refractivity contribution is 7.92. The minimum absolute atomic E-state index is 0.00308. The van der Waals surface area contributed by atoms with E-state index in [0.717, 1.165) is 37.7 Å². The van der Waals surface area contributed by atoms with Crippen LogP contribution in [0.25, 0.3) is 0 Å². The molecule has 3 rings (SSSR count). The standard InChI is InChI=1S/C27H33N3O6S3/c1-3-4-5-6-7-8-21-37(31,32)28-23-15-19-27(20-16-23)39(35,36)30-25-13-11-24(12-14-25)29-38(33,34)26-17-9-22(2)10-18-26/h9-20,28H,3-8,21H2,1-2H3. The van der Waals surface area contributed by atoms with Crippen LogP contribution in [0.3, 0.4) is 0 Å². The summed E-state index contributed by atoms with van der Waals surface area (Å²) in [5.74, 6) is 0.00308. The molecule has 0 heterocycles. The van der Waals surface area contributed by atoms with E-state index in [1.165, 1.54) is 60.7 Å². The SMILES string of the molecule is CCCCCCCCS(=O)(=O)Nc1ccc(S(=O)(=O)N=C2C=CC(=NS(=O)(=O)c3ccc(C)cc3)C=C2)cc1. The molecule has 0 saturated heterocycles. The van der Waals surface area contributed by atoms with Crippen LogP contribution in [0.2, 0.25) is 0 Å². The maximum absolute atomic E-state index is 12.7. The number of nitrogens with zero attached hydrogens (tertiary/aromatic N) is 2. The van der Waals surface area contributed by atoms with Crippen molar-refractivity contribution in [3.8, 4) is 0 Å². The number of anilines is 1. The zero-order valence-electron chi connectivity index (χ0n) is 21.9. The summed E-state index contributed by atoms with van der Waals surface area (Å²) in [6.07, 6.45) is 11.2. The molecule has 0 spiro atoms. The molecule has 39 heavy (non-hydrogen) atoms. The van der Waals surface area contributed by atoms with E-state index in [-0.39, 0.29) is 32.7 Å². The maximum atomic E-state index is 12.7. The third-order valence-electron chi connectivity index (χ3n) is 5.81. The summed E-state index contributed by atoms with van der Waals surface area (Å²) in [7, 11) is -11.6. The van der Waals surface area contributed by atoms with Gasteiger partial charge in [-0.1, -0.05) is 56.7 Å². The van der Waals surface area contributed by atoms with E-state index >= 15 is 0 Å². The Balaban J connectivity index is 1.62. The summed E-state index contributed by atoms with van der Waals surface area (Å²) in [5, 5.41) is 0. The van der Waals surface area contributed by atoms with E-state index in [4.69, 9.17) is 0 Å². The van der Waals surface area contributed by atoms with E-state index in [0.29, 0.717) is 6.42 Å². The molecule has 0 bridgehead atoms. The molecule has 2 aromatic rings. The molecule has 210 valence electrons. The van der Waals surface area contributed by atoms with Crippen molar-refractivity contribution in [1.82, 2.24) is 0 Å². The Bertz CT molecular complexity index is 1570. The Labute approximate surface area is 231 Å². The second-order valence-electron chi connectivity index (χ2n) is 9.18. The summed E-state index contributed by atoms with van der Waals surface area (Å²) in [6.45, 7) is 3.97. The number of aryl methyl sites for hydroxylation is 1. The molecule has 2 aromatic carbocycles. The molecule has 12 heteroatoms. The number of rotatable bonds is 13. The highest BCUT2D eigenvalue weighted by Gasteiger charge is 2.17. The number of hydrogen-bond donors (Lipinski definition) is 1. The first kappa shape index (κ1) is 30.5. The van der Waals surface area contributed by atoms with Gasteiger partial charge in [-0.2, -0.15) is 25.6 Å². The van der Waals surface area contributed by atoms with Gasteiger partial charge in [0.15, 0.2) is 0 Å². The van der Waals surface area contributed by atoms with E-state index in [2.05, 4.69) is 20.4 Å². The van der Waals surface area contributed by atoms with Crippen molar-refractivity contribution in [3.63, 3.8) is 0 Å². The Morgan fingerprint density at radius 3 is 1.54 bits per heavy atom. The third kappa shape index (κ3) is 9.55. The van der Waals surface area contributed by atoms with Crippen LogP contribution in [0.15, 0.2) is 91.4 Å². The molecule has 0 aromatic heterocycles. The molecule has 0 radical (unpaired) electrons. The minimum atomic E-state index is -4.10. The van der Waals surface area contributed by atoms with Crippen LogP contribution in [0.4, 0.5) is 5.69 Å². The first-order valence-electron chi connectivity index (χ1n) is 12.6. The molecule has 1 aliphatic rings. The Kier molecular flexibility index (Phi) is 10.4. The highest BCUT2D eigenvalue weighted by Crippen LogP contribution is 2.19. The van der Waals surface area contributed by atoms with Crippen LogP contribution in [-0.4, -0.2) is 42.4 Å². The van der Waals surface area contributed by atoms with Crippen molar-refractivity contribution in [3.05, 3.63) is 78.4 Å². The van der Waals surface area contributed by atoms with Crippen LogP contribution in [-0.2, 0) is 30.1 Å². The van der Waals surface area contributed by atoms with Crippen molar-refractivity contribution in [2.75, 3.05) is 10.5 Å². The predicted molar refractivity (Wildman–Crippen MR) is 156 cm³/mol. The van der Waals surface area contributed by atoms with Gasteiger partial charge in [-0.15, -0.1) is 0 Å². The van der Waals surface area contributed by atoms with Crippen LogP contribution >= 0.6 is 0 Å². The van der Waals surface area contributed by atoms with E-state index in [9.17, 15) is 25.3 Å². The van der Waals surface area contributed by atoms with Crippen molar-refractivity contribution >= 4 is 47.2 Å². The molecule has 9 nitrogen and oxygen atoms in total. The molecule has 0 atom stereocenters. The molecule has 0 saturated carbocycles. The smallest absolute Gasteiger partial charge is 0.282 e. The van der Waals surface area contributed by atoms with Crippen molar-refractivity contribution in [2.45, 2.75) is 62.2 Å². The first-order chi connectivity index (χ1) is 18.4. The van der Waals surface area contributed by atoms with Gasteiger partial charge in [0.05, 0.1) is 27.0 Å². The minimum Gasteiger partial charge on any atom is -0.284 e. The second-order valence-corrected chi connectivity index (χ2v) is 14.2. The quantitative estimate of drug-likeness (QED) is 0.251. The highest BCUT2D eigenvalue weighted by atomic mass is 32.2. The summed E-state index contributed by atoms with van der Waals surface area (Å²) in [6, 6.07) is 11.6. The summed E-state index contributed by atoms with van der Waals surface area (Å²) >= 11 is 0. The maximum Gasteiger partial charge on any atom is 0.282 e. The lowest BCUT2D eigenvalue weighted by Crippen LogP contribution is -2.16. The van der Waals surface area contributed by atoms with Crippen LogP contribution in [0, 0.1) is 6.92 Å². The molecular formula is C27H33N3O6S3. The average molecular weight is 592 g/mol. The van der Waals surface area contributed by atoms with Gasteiger partial charge in [-0.3, -0.25) is 4.72 Å². The van der Waals surface area contributed by atoms with Gasteiger partial charge in [0.1, 0.15) is 0 Å². The molecule has 1 N–H and O–H groups in total. The van der Waals surface area contributed by atoms with Gasteiger partial charge in [-0.05, 0) is 74.0 Å². The van der Waals surface area contributed by atoms with Crippen molar-refractivity contribution in [1.29, 1.82) is 0 Å². The monoisotopic (exact) mass is 591 g/mol. The first-order valence-corrected chi connectivity index (χ1v) is 17.2. The molecular weight excluding hydrogens is 559 g/mol. The Morgan fingerprint density at radius 2 is 1.05 bits per heavy atom. The Hall–Kier alpha value is -3.09. The number of sulfonamides is 3. The summed E-state index contributed by atoms with van der Waals surface area (Å²) in [5.41, 5.74) is 1.40. The lowest BCUT2D eigenvalue weighted by molar-refractivity contribution is 0.587. The van der Waals surface area contributed by atoms with E-state index in [1.54, 1.807) is 12.1 Å². The van der Waals surface area contributed by atoms with E-state index in [1.807, 2.05) is 6.92 Å². The summed E-state index contributed by atoms with van der Waals surface area (Å²) < 4.78 is 85.2. The predicted octanol–water partition coefficient (Wildman–Crippen LogP) is 5.18. The fourth-order valence-electron chi connectivity index (χ4n) is 3.67. The normalized spacial score (nSPS) is 13.9. The van der Waals surface area contributed by atoms with Gasteiger partial charge >= 0.3 is 0 Å². The molecule has 0 fully saturated rings. The topological polar surface area (TPSA) is 139 Å². The molecule has 0 amide bonds. The van der Waals surface area contributed by atoms with Gasteiger partial charge in [0.25, 0.3) is 20.0 Å². The zero-order chi connectivity index (χ0) is 28.5. The fourth-order valence-corrected chi connectivity index (χ4v) is 6.82. The lowest BCUT2D eigenvalue weighted by Gasteiger charge is -2.09. The number of benzene rings is 2. The van der Waals surface area contributed by atoms with Crippen LogP contribution < -0.4 is 4.72 Å². The molecule has 0 aliphatic heterocycles. The zero-order valence-corrected chi connectivity index (χ0v) is 24.4. The van der Waals surface area contributed by atoms with Crippen molar-refractivity contribution in [2.24, 2.45) is 8.80 Å². The largest absolute Gasteiger partial charge is 0.284 e. The third-order valence-corrected chi connectivity index (χ3v) is 9.82. The molecule has 1 aliphatic carbocycles. The van der Waals surface area contributed by atoms with Gasteiger partial charge in [-0.25, -0.2) is 8.42 Å². The van der Waals surface area contributed by atoms with Crippen LogP contribution in [0.1, 0.15) is 51.0 Å². The second kappa shape index (κ2) is 13.3. The average Bonchev–Trinajstić information content (AvgIpc) is 2.87. The number of hydrogen-bond acceptors (Lipinski definition) is 6. The van der Waals surface area contributed by atoms with E-state index < -0.39 is 30.1 Å². The Morgan fingerprint density at radius 1 is 0.615 bits per heavy atom. The number of allylic oxidation sites excluding steroid dienone is 4. The summed E-state index contributed by atoms with van der Waals surface area (Å²) in [4.78, 5) is -0.0605. The molecule has 0 unspecified atom stereocenters. The van der Waals surface area contributed by atoms with Gasteiger partial charge in [0, 0.05) is 5.69 Å². The van der Waals surface area contributed by atoms with Gasteiger partial charge < -0.3 is 0 Å². The number of unbranched alkanes of at least 4 members (excludes halogenated alkanes) is 5. The van der Waals surface area contributed by atoms with Gasteiger partial charge in [0.2, 0.25) is 10.0 Å². The lowest BCUT2D eigenvalue weighted by atomic mass is 10.1. The number of nitrogens with one attached hydrogen (secondary N) is 1. The van der Waals surface area contributed by atoms with Crippen LogP contribution in [0.5, 0.6) is 0 Å². The van der Waals surface area contributed by atoms with Crippen molar-refractivity contribution < 1.29 is 25.3 Å².